The molecule has 0 saturated carbocycles. The van der Waals surface area contributed by atoms with Crippen molar-refractivity contribution in [2.45, 2.75) is 132 Å². The molecule has 5 aromatic heterocycles. The fraction of sp³-hybridized carbons (Fsp3) is 0.490. The van der Waals surface area contributed by atoms with Crippen LogP contribution in [0.5, 0.6) is 0 Å². The molecule has 0 atom stereocenters. The zero-order valence-corrected chi connectivity index (χ0v) is 35.6. The first-order chi connectivity index (χ1) is 27.0. The Bertz CT molecular complexity index is 1670. The maximum absolute atomic E-state index is 5.43. The summed E-state index contributed by atoms with van der Waals surface area (Å²) in [6, 6.07) is 31.6. The van der Waals surface area contributed by atoms with E-state index < -0.39 is 0 Å². The largest absolute Gasteiger partial charge is 0.262 e. The summed E-state index contributed by atoms with van der Waals surface area (Å²) in [5.41, 5.74) is 4.32. The molecule has 5 heterocycles. The van der Waals surface area contributed by atoms with E-state index >= 15 is 0 Å². The highest BCUT2D eigenvalue weighted by atomic mass is 15.3. The van der Waals surface area contributed by atoms with Crippen molar-refractivity contribution in [3.63, 3.8) is 0 Å². The molecule has 0 aromatic carbocycles. The quantitative estimate of drug-likeness (QED) is 0.0697. The molecule has 0 fully saturated rings. The van der Waals surface area contributed by atoms with Crippen molar-refractivity contribution in [2.75, 3.05) is 9.80 Å². The van der Waals surface area contributed by atoms with E-state index in [-0.39, 0.29) is 0 Å². The zero-order valence-electron chi connectivity index (χ0n) is 35.6. The van der Waals surface area contributed by atoms with Gasteiger partial charge >= 0.3 is 0 Å². The van der Waals surface area contributed by atoms with E-state index in [0.29, 0.717) is 23.7 Å². The number of hydrogen-bond donors (Lipinski definition) is 0. The normalized spacial score (nSPS) is 11.6. The molecule has 0 radical (unpaired) electrons. The summed E-state index contributed by atoms with van der Waals surface area (Å²) < 4.78 is 0. The van der Waals surface area contributed by atoms with E-state index in [2.05, 4.69) is 156 Å². The molecule has 0 amide bonds. The van der Waals surface area contributed by atoms with Crippen molar-refractivity contribution < 1.29 is 0 Å². The van der Waals surface area contributed by atoms with Gasteiger partial charge in [-0.3, -0.25) is 9.80 Å². The molecule has 7 heteroatoms. The van der Waals surface area contributed by atoms with Gasteiger partial charge in [-0.1, -0.05) is 111 Å². The number of aromatic nitrogens is 5. The summed E-state index contributed by atoms with van der Waals surface area (Å²) in [6.45, 7) is 18.3. The highest BCUT2D eigenvalue weighted by molar-refractivity contribution is 5.74. The lowest BCUT2D eigenvalue weighted by atomic mass is 10.1. The van der Waals surface area contributed by atoms with Crippen LogP contribution in [-0.2, 0) is 25.7 Å². The van der Waals surface area contributed by atoms with E-state index in [1.165, 1.54) is 25.7 Å². The smallest absolute Gasteiger partial charge is 0.142 e. The number of aryl methyl sites for hydroxylation is 4. The molecule has 0 N–H and O–H groups in total. The molecule has 0 bridgehead atoms. The fourth-order valence-corrected chi connectivity index (χ4v) is 7.05. The van der Waals surface area contributed by atoms with Gasteiger partial charge in [0.2, 0.25) is 0 Å². The third-order valence-electron chi connectivity index (χ3n) is 10.1. The van der Waals surface area contributed by atoms with Crippen LogP contribution in [0.3, 0.4) is 0 Å². The van der Waals surface area contributed by atoms with Crippen LogP contribution < -0.4 is 9.80 Å². The van der Waals surface area contributed by atoms with Gasteiger partial charge in [0, 0.05) is 22.8 Å². The molecule has 5 rings (SSSR count). The van der Waals surface area contributed by atoms with Gasteiger partial charge in [-0.05, 0) is 136 Å². The highest BCUT2D eigenvalue weighted by Crippen LogP contribution is 2.36. The highest BCUT2D eigenvalue weighted by Gasteiger charge is 2.22. The summed E-state index contributed by atoms with van der Waals surface area (Å²) >= 11 is 0. The minimum absolute atomic E-state index is 0.664. The first-order valence-corrected chi connectivity index (χ1v) is 21.5. The van der Waals surface area contributed by atoms with Crippen molar-refractivity contribution >= 4 is 34.9 Å². The average Bonchev–Trinajstić information content (AvgIpc) is 3.16. The first kappa shape index (κ1) is 42.5. The Morgan fingerprint density at radius 2 is 0.536 bits per heavy atom. The van der Waals surface area contributed by atoms with Crippen LogP contribution >= 0.6 is 0 Å². The molecule has 56 heavy (non-hydrogen) atoms. The number of nitrogens with zero attached hydrogens (tertiary/aromatic N) is 7. The topological polar surface area (TPSA) is 70.9 Å². The van der Waals surface area contributed by atoms with Gasteiger partial charge in [0.25, 0.3) is 0 Å². The summed E-state index contributed by atoms with van der Waals surface area (Å²) in [6.07, 6.45) is 12.9. The van der Waals surface area contributed by atoms with Gasteiger partial charge in [0.1, 0.15) is 34.9 Å². The number of rotatable bonds is 22. The van der Waals surface area contributed by atoms with Gasteiger partial charge in [-0.25, -0.2) is 24.9 Å². The predicted molar refractivity (Wildman–Crippen MR) is 236 cm³/mol. The SMILES string of the molecule is CC(C)CCCc1cccc(N(c2cccc(CCCC(C)C)n2)c2cccc(N(c3cccc(CCCC(C)C)n3)c3cccc(CCCC(C)C)n3)n2)n1. The number of pyridine rings is 5. The van der Waals surface area contributed by atoms with Crippen LogP contribution in [0.1, 0.15) is 130 Å². The third kappa shape index (κ3) is 13.2. The van der Waals surface area contributed by atoms with Crippen molar-refractivity contribution in [3.8, 4) is 0 Å². The van der Waals surface area contributed by atoms with Crippen LogP contribution in [0.15, 0.2) is 91.0 Å². The Morgan fingerprint density at radius 1 is 0.321 bits per heavy atom. The maximum atomic E-state index is 5.43. The molecule has 0 saturated heterocycles. The summed E-state index contributed by atoms with van der Waals surface area (Å²) in [5, 5.41) is 0. The van der Waals surface area contributed by atoms with E-state index in [9.17, 15) is 0 Å². The lowest BCUT2D eigenvalue weighted by molar-refractivity contribution is 0.553. The monoisotopic (exact) mass is 754 g/mol. The molecule has 298 valence electrons. The summed E-state index contributed by atoms with van der Waals surface area (Å²) in [4.78, 5) is 30.6. The maximum Gasteiger partial charge on any atom is 0.142 e. The Hall–Kier alpha value is -4.65. The predicted octanol–water partition coefficient (Wildman–Crippen LogP) is 13.5. The van der Waals surface area contributed by atoms with E-state index in [1.54, 1.807) is 0 Å². The van der Waals surface area contributed by atoms with E-state index in [4.69, 9.17) is 24.9 Å². The Morgan fingerprint density at radius 3 is 0.768 bits per heavy atom. The van der Waals surface area contributed by atoms with E-state index in [0.717, 1.165) is 109 Å². The number of anilines is 6. The minimum atomic E-state index is 0.664. The van der Waals surface area contributed by atoms with Crippen molar-refractivity contribution in [1.29, 1.82) is 0 Å². The Balaban J connectivity index is 1.59. The molecule has 0 unspecified atom stereocenters. The Kier molecular flexibility index (Phi) is 16.4. The second kappa shape index (κ2) is 21.6. The van der Waals surface area contributed by atoms with Crippen LogP contribution in [0.4, 0.5) is 34.9 Å². The Labute approximate surface area is 338 Å². The molecule has 0 aliphatic carbocycles. The van der Waals surface area contributed by atoms with Crippen molar-refractivity contribution in [1.82, 2.24) is 24.9 Å². The van der Waals surface area contributed by atoms with E-state index in [1.807, 2.05) is 0 Å². The van der Waals surface area contributed by atoms with Crippen molar-refractivity contribution in [3.05, 3.63) is 114 Å². The fourth-order valence-electron chi connectivity index (χ4n) is 7.05. The van der Waals surface area contributed by atoms with Gasteiger partial charge in [0.05, 0.1) is 0 Å². The zero-order chi connectivity index (χ0) is 39.9. The van der Waals surface area contributed by atoms with Gasteiger partial charge in [-0.15, -0.1) is 0 Å². The summed E-state index contributed by atoms with van der Waals surface area (Å²) in [7, 11) is 0. The second-order valence-corrected chi connectivity index (χ2v) is 17.1. The van der Waals surface area contributed by atoms with Crippen LogP contribution in [-0.4, -0.2) is 24.9 Å². The van der Waals surface area contributed by atoms with Crippen LogP contribution in [0.2, 0.25) is 0 Å². The molecule has 7 nitrogen and oxygen atoms in total. The van der Waals surface area contributed by atoms with Crippen molar-refractivity contribution in [2.24, 2.45) is 23.7 Å². The van der Waals surface area contributed by atoms with Gasteiger partial charge < -0.3 is 0 Å². The average molecular weight is 754 g/mol. The molecular weight excluding hydrogens is 687 g/mol. The molecule has 0 aliphatic rings. The molecule has 0 spiro atoms. The lowest BCUT2D eigenvalue weighted by Gasteiger charge is -2.26. The van der Waals surface area contributed by atoms with Crippen LogP contribution in [0.25, 0.3) is 0 Å². The molecule has 5 aromatic rings. The third-order valence-corrected chi connectivity index (χ3v) is 10.1. The number of hydrogen-bond acceptors (Lipinski definition) is 7. The minimum Gasteiger partial charge on any atom is -0.262 e. The lowest BCUT2D eigenvalue weighted by Crippen LogP contribution is -2.19. The van der Waals surface area contributed by atoms with Crippen LogP contribution in [0, 0.1) is 23.7 Å². The molecular formula is C49H67N7. The first-order valence-electron chi connectivity index (χ1n) is 21.5. The second-order valence-electron chi connectivity index (χ2n) is 17.1. The molecule has 0 aliphatic heterocycles. The van der Waals surface area contributed by atoms with Gasteiger partial charge in [-0.2, -0.15) is 0 Å². The standard InChI is InChI=1S/C49H67N7/c1-36(2)18-9-22-40-26-13-30-44(50-40)55(45-31-14-27-41(51-45)23-10-19-37(3)4)48-34-17-35-49(54-48)56(46-32-15-28-42(52-46)24-11-20-38(5)6)47-33-16-29-43(53-47)25-12-21-39(7)8/h13-17,26-39H,9-12,18-25H2,1-8H3. The summed E-state index contributed by atoms with van der Waals surface area (Å²) in [5.74, 6) is 7.39. The van der Waals surface area contributed by atoms with Gasteiger partial charge in [0.15, 0.2) is 0 Å².